The smallest absolute Gasteiger partial charge is 0.237 e. The van der Waals surface area contributed by atoms with Gasteiger partial charge in [-0.15, -0.1) is 0 Å². The number of methoxy groups -OCH3 is 2. The highest BCUT2D eigenvalue weighted by Crippen LogP contribution is 2.28. The number of amides is 2. The normalized spacial score (nSPS) is 21.0. The Balaban J connectivity index is 1.70. The molecule has 1 aromatic carbocycles. The minimum atomic E-state index is -0.433. The van der Waals surface area contributed by atoms with Gasteiger partial charge in [-0.05, 0) is 30.5 Å². The number of piperazine rings is 1. The van der Waals surface area contributed by atoms with Crippen LogP contribution in [0.1, 0.15) is 37.7 Å². The number of carbonyl (C=O) groups excluding carboxylic acids is 2. The summed E-state index contributed by atoms with van der Waals surface area (Å²) in [5, 5.41) is 2.91. The molecule has 0 radical (unpaired) electrons. The second-order valence-corrected chi connectivity index (χ2v) is 7.47. The molecule has 0 saturated carbocycles. The van der Waals surface area contributed by atoms with E-state index in [0.717, 1.165) is 38.0 Å². The highest BCUT2D eigenvalue weighted by molar-refractivity contribution is 5.88. The predicted molar refractivity (Wildman–Crippen MR) is 106 cm³/mol. The molecule has 2 aliphatic heterocycles. The average Bonchev–Trinajstić information content (AvgIpc) is 3.00. The maximum atomic E-state index is 12.8. The van der Waals surface area contributed by atoms with Gasteiger partial charge in [0.05, 0.1) is 26.7 Å². The van der Waals surface area contributed by atoms with Gasteiger partial charge < -0.3 is 19.7 Å². The molecule has 154 valence electrons. The lowest BCUT2D eigenvalue weighted by Gasteiger charge is -2.35. The van der Waals surface area contributed by atoms with Crippen LogP contribution in [0.5, 0.6) is 11.5 Å². The van der Waals surface area contributed by atoms with Crippen molar-refractivity contribution in [2.24, 2.45) is 0 Å². The van der Waals surface area contributed by atoms with E-state index >= 15 is 0 Å². The zero-order chi connectivity index (χ0) is 19.9. The lowest BCUT2D eigenvalue weighted by atomic mass is 10.1. The van der Waals surface area contributed by atoms with Crippen LogP contribution < -0.4 is 14.8 Å². The van der Waals surface area contributed by atoms with Crippen LogP contribution in [0.3, 0.4) is 0 Å². The molecule has 2 amide bonds. The molecule has 0 aliphatic carbocycles. The number of nitrogens with zero attached hydrogens (tertiary/aromatic N) is 2. The van der Waals surface area contributed by atoms with E-state index in [2.05, 4.69) is 10.2 Å². The first-order valence-corrected chi connectivity index (χ1v) is 10.1. The lowest BCUT2D eigenvalue weighted by Crippen LogP contribution is -2.56. The van der Waals surface area contributed by atoms with Crippen molar-refractivity contribution >= 4 is 11.8 Å². The van der Waals surface area contributed by atoms with E-state index in [9.17, 15) is 9.59 Å². The molecule has 7 heteroatoms. The molecule has 2 aliphatic rings. The third-order valence-corrected chi connectivity index (χ3v) is 5.60. The third-order valence-electron chi connectivity index (χ3n) is 5.60. The van der Waals surface area contributed by atoms with Crippen molar-refractivity contribution in [3.8, 4) is 11.5 Å². The van der Waals surface area contributed by atoms with Gasteiger partial charge in [0, 0.05) is 32.7 Å². The standard InChI is InChI=1S/C21H31N3O4/c1-27-18-8-7-16(13-19(18)28-2)15-24-12-9-22-21(26)17(24)14-20(25)23-10-5-3-4-6-11-23/h7-8,13,17H,3-6,9-12,14-15H2,1-2H3,(H,22,26). The minimum Gasteiger partial charge on any atom is -0.493 e. The zero-order valence-corrected chi connectivity index (χ0v) is 16.9. The van der Waals surface area contributed by atoms with Gasteiger partial charge in [0.15, 0.2) is 11.5 Å². The summed E-state index contributed by atoms with van der Waals surface area (Å²) in [5.41, 5.74) is 1.03. The Bertz CT molecular complexity index is 686. The molecule has 2 fully saturated rings. The van der Waals surface area contributed by atoms with Gasteiger partial charge in [-0.2, -0.15) is 0 Å². The van der Waals surface area contributed by atoms with Crippen molar-refractivity contribution in [2.45, 2.75) is 44.7 Å². The van der Waals surface area contributed by atoms with Crippen molar-refractivity contribution in [1.82, 2.24) is 15.1 Å². The van der Waals surface area contributed by atoms with E-state index in [1.807, 2.05) is 23.1 Å². The van der Waals surface area contributed by atoms with Crippen molar-refractivity contribution in [3.63, 3.8) is 0 Å². The van der Waals surface area contributed by atoms with Gasteiger partial charge in [-0.25, -0.2) is 0 Å². The molecule has 2 saturated heterocycles. The Labute approximate surface area is 167 Å². The zero-order valence-electron chi connectivity index (χ0n) is 16.9. The van der Waals surface area contributed by atoms with Gasteiger partial charge in [0.1, 0.15) is 0 Å². The first-order chi connectivity index (χ1) is 13.6. The summed E-state index contributed by atoms with van der Waals surface area (Å²) in [6.07, 6.45) is 4.70. The van der Waals surface area contributed by atoms with Crippen LogP contribution in [-0.2, 0) is 16.1 Å². The second kappa shape index (κ2) is 9.78. The van der Waals surface area contributed by atoms with Gasteiger partial charge in [0.25, 0.3) is 0 Å². The van der Waals surface area contributed by atoms with E-state index < -0.39 is 6.04 Å². The van der Waals surface area contributed by atoms with Gasteiger partial charge in [0.2, 0.25) is 11.8 Å². The Hall–Kier alpha value is -2.28. The fourth-order valence-electron chi connectivity index (χ4n) is 4.00. The van der Waals surface area contributed by atoms with Crippen LogP contribution >= 0.6 is 0 Å². The fourth-order valence-corrected chi connectivity index (χ4v) is 4.00. The molecule has 1 atom stereocenters. The van der Waals surface area contributed by atoms with Crippen LogP contribution in [0.4, 0.5) is 0 Å². The van der Waals surface area contributed by atoms with E-state index in [1.54, 1.807) is 14.2 Å². The van der Waals surface area contributed by atoms with Crippen LogP contribution in [0.15, 0.2) is 18.2 Å². The summed E-state index contributed by atoms with van der Waals surface area (Å²) >= 11 is 0. The fraction of sp³-hybridized carbons (Fsp3) is 0.619. The van der Waals surface area contributed by atoms with Crippen LogP contribution in [0.25, 0.3) is 0 Å². The number of likely N-dealkylation sites (tertiary alicyclic amines) is 1. The Morgan fingerprint density at radius 1 is 1.07 bits per heavy atom. The van der Waals surface area contributed by atoms with Crippen LogP contribution in [0.2, 0.25) is 0 Å². The maximum absolute atomic E-state index is 12.8. The summed E-state index contributed by atoms with van der Waals surface area (Å²) in [7, 11) is 3.22. The number of ether oxygens (including phenoxy) is 2. The molecular formula is C21H31N3O4. The lowest BCUT2D eigenvalue weighted by molar-refractivity contribution is -0.139. The monoisotopic (exact) mass is 389 g/mol. The first kappa shape index (κ1) is 20.5. The molecule has 1 unspecified atom stereocenters. The quantitative estimate of drug-likeness (QED) is 0.803. The van der Waals surface area contributed by atoms with Gasteiger partial charge in [-0.1, -0.05) is 18.9 Å². The molecule has 0 aromatic heterocycles. The van der Waals surface area contributed by atoms with Gasteiger partial charge >= 0.3 is 0 Å². The second-order valence-electron chi connectivity index (χ2n) is 7.47. The molecule has 3 rings (SSSR count). The van der Waals surface area contributed by atoms with Crippen molar-refractivity contribution < 1.29 is 19.1 Å². The molecular weight excluding hydrogens is 358 g/mol. The average molecular weight is 389 g/mol. The summed E-state index contributed by atoms with van der Waals surface area (Å²) in [4.78, 5) is 29.4. The molecule has 28 heavy (non-hydrogen) atoms. The number of carbonyl (C=O) groups is 2. The number of hydrogen-bond donors (Lipinski definition) is 1. The number of rotatable bonds is 6. The number of benzene rings is 1. The van der Waals surface area contributed by atoms with Crippen molar-refractivity contribution in [1.29, 1.82) is 0 Å². The minimum absolute atomic E-state index is 0.0603. The molecule has 0 spiro atoms. The topological polar surface area (TPSA) is 71.1 Å². The molecule has 1 N–H and O–H groups in total. The first-order valence-electron chi connectivity index (χ1n) is 10.1. The molecule has 1 aromatic rings. The highest BCUT2D eigenvalue weighted by atomic mass is 16.5. The molecule has 2 heterocycles. The van der Waals surface area contributed by atoms with Crippen molar-refractivity contribution in [2.75, 3.05) is 40.4 Å². The molecule has 0 bridgehead atoms. The summed E-state index contributed by atoms with van der Waals surface area (Å²) in [6.45, 7) is 3.52. The summed E-state index contributed by atoms with van der Waals surface area (Å²) in [5.74, 6) is 1.37. The van der Waals surface area contributed by atoms with E-state index in [-0.39, 0.29) is 18.2 Å². The largest absolute Gasteiger partial charge is 0.493 e. The van der Waals surface area contributed by atoms with E-state index in [1.165, 1.54) is 12.8 Å². The molecule has 7 nitrogen and oxygen atoms in total. The number of nitrogens with one attached hydrogen (secondary N) is 1. The van der Waals surface area contributed by atoms with Crippen LogP contribution in [0, 0.1) is 0 Å². The predicted octanol–water partition coefficient (Wildman–Crippen LogP) is 1.80. The maximum Gasteiger partial charge on any atom is 0.237 e. The van der Waals surface area contributed by atoms with Crippen molar-refractivity contribution in [3.05, 3.63) is 23.8 Å². The Morgan fingerprint density at radius 2 is 1.79 bits per heavy atom. The van der Waals surface area contributed by atoms with E-state index in [4.69, 9.17) is 9.47 Å². The van der Waals surface area contributed by atoms with Gasteiger partial charge in [-0.3, -0.25) is 14.5 Å². The summed E-state index contributed by atoms with van der Waals surface area (Å²) < 4.78 is 10.7. The highest BCUT2D eigenvalue weighted by Gasteiger charge is 2.33. The number of hydrogen-bond acceptors (Lipinski definition) is 5. The van der Waals surface area contributed by atoms with Crippen LogP contribution in [-0.4, -0.2) is 68.1 Å². The Kier molecular flexibility index (Phi) is 7.14. The third kappa shape index (κ3) is 4.95. The SMILES string of the molecule is COc1ccc(CN2CCNC(=O)C2CC(=O)N2CCCCCC2)cc1OC. The Morgan fingerprint density at radius 3 is 2.46 bits per heavy atom. The van der Waals surface area contributed by atoms with E-state index in [0.29, 0.717) is 24.6 Å². The summed E-state index contributed by atoms with van der Waals surface area (Å²) in [6, 6.07) is 5.34.